The number of esters is 3. The molecule has 0 amide bonds. The Balaban J connectivity index is 4.19. The summed E-state index contributed by atoms with van der Waals surface area (Å²) in [6, 6.07) is 0. The SMILES string of the molecule is CCCCCCCCCCCCCCCCCCCCCC(=O)OC[C@H](COC(=O)CCCCCCCCCCCCC)OC(=O)CCCCCCCCC(C)C. The van der Waals surface area contributed by atoms with Crippen LogP contribution in [0.15, 0.2) is 0 Å². The van der Waals surface area contributed by atoms with Gasteiger partial charge in [0.15, 0.2) is 6.10 Å². The molecule has 6 heteroatoms. The molecule has 0 spiro atoms. The molecule has 338 valence electrons. The summed E-state index contributed by atoms with van der Waals surface area (Å²) >= 11 is 0. The van der Waals surface area contributed by atoms with Gasteiger partial charge in [0.1, 0.15) is 13.2 Å². The normalized spacial score (nSPS) is 11.9. The molecule has 0 saturated carbocycles. The van der Waals surface area contributed by atoms with Crippen molar-refractivity contribution in [2.75, 3.05) is 13.2 Å². The average molecular weight is 807 g/mol. The molecule has 0 aromatic carbocycles. The van der Waals surface area contributed by atoms with Crippen molar-refractivity contribution in [3.8, 4) is 0 Å². The van der Waals surface area contributed by atoms with Gasteiger partial charge in [-0.05, 0) is 25.2 Å². The second-order valence-corrected chi connectivity index (χ2v) is 17.9. The van der Waals surface area contributed by atoms with Gasteiger partial charge in [-0.3, -0.25) is 14.4 Å². The van der Waals surface area contributed by atoms with E-state index in [1.807, 2.05) is 0 Å². The summed E-state index contributed by atoms with van der Waals surface area (Å²) in [4.78, 5) is 37.8. The predicted octanol–water partition coefficient (Wildman–Crippen LogP) is 16.3. The Morgan fingerprint density at radius 2 is 0.579 bits per heavy atom. The molecule has 0 saturated heterocycles. The van der Waals surface area contributed by atoms with Crippen molar-refractivity contribution >= 4 is 17.9 Å². The minimum atomic E-state index is -0.760. The highest BCUT2D eigenvalue weighted by Gasteiger charge is 2.19. The van der Waals surface area contributed by atoms with Crippen LogP contribution in [0, 0.1) is 5.92 Å². The maximum Gasteiger partial charge on any atom is 0.306 e. The maximum absolute atomic E-state index is 12.7. The lowest BCUT2D eigenvalue weighted by atomic mass is 10.0. The average Bonchev–Trinajstić information content (AvgIpc) is 3.19. The van der Waals surface area contributed by atoms with E-state index < -0.39 is 6.10 Å². The Hall–Kier alpha value is -1.59. The van der Waals surface area contributed by atoms with Gasteiger partial charge < -0.3 is 14.2 Å². The zero-order valence-electron chi connectivity index (χ0n) is 38.8. The summed E-state index contributed by atoms with van der Waals surface area (Å²) in [6.45, 7) is 8.94. The number of hydrogen-bond acceptors (Lipinski definition) is 6. The zero-order valence-corrected chi connectivity index (χ0v) is 38.8. The first-order chi connectivity index (χ1) is 27.9. The van der Waals surface area contributed by atoms with Crippen LogP contribution in [0.4, 0.5) is 0 Å². The van der Waals surface area contributed by atoms with E-state index in [1.165, 1.54) is 180 Å². The number of carbonyl (C=O) groups excluding carboxylic acids is 3. The second-order valence-electron chi connectivity index (χ2n) is 17.9. The van der Waals surface area contributed by atoms with Crippen LogP contribution in [0.3, 0.4) is 0 Å². The maximum atomic E-state index is 12.7. The fourth-order valence-corrected chi connectivity index (χ4v) is 7.69. The molecule has 0 radical (unpaired) electrons. The molecule has 0 aliphatic heterocycles. The number of rotatable bonds is 46. The lowest BCUT2D eigenvalue weighted by Crippen LogP contribution is -2.30. The number of unbranched alkanes of at least 4 members (excludes halogenated alkanes) is 33. The third kappa shape index (κ3) is 45.3. The second kappa shape index (κ2) is 45.5. The molecule has 0 rings (SSSR count). The topological polar surface area (TPSA) is 78.9 Å². The minimum Gasteiger partial charge on any atom is -0.462 e. The van der Waals surface area contributed by atoms with Gasteiger partial charge in [-0.1, -0.05) is 246 Å². The Kier molecular flexibility index (Phi) is 44.2. The third-order valence-electron chi connectivity index (χ3n) is 11.5. The fraction of sp³-hybridized carbons (Fsp3) is 0.941. The lowest BCUT2D eigenvalue weighted by molar-refractivity contribution is -0.167. The van der Waals surface area contributed by atoms with E-state index in [2.05, 4.69) is 27.7 Å². The monoisotopic (exact) mass is 807 g/mol. The van der Waals surface area contributed by atoms with Gasteiger partial charge in [-0.25, -0.2) is 0 Å². The van der Waals surface area contributed by atoms with Crippen LogP contribution < -0.4 is 0 Å². The van der Waals surface area contributed by atoms with Gasteiger partial charge >= 0.3 is 17.9 Å². The molecule has 0 heterocycles. The molecule has 1 atom stereocenters. The van der Waals surface area contributed by atoms with E-state index in [-0.39, 0.29) is 31.1 Å². The van der Waals surface area contributed by atoms with Gasteiger partial charge in [0.2, 0.25) is 0 Å². The molecule has 0 aliphatic carbocycles. The number of ether oxygens (including phenoxy) is 3. The Morgan fingerprint density at radius 3 is 0.860 bits per heavy atom. The number of carbonyl (C=O) groups is 3. The van der Waals surface area contributed by atoms with Crippen LogP contribution >= 0.6 is 0 Å². The Bertz CT molecular complexity index is 857. The fourth-order valence-electron chi connectivity index (χ4n) is 7.69. The van der Waals surface area contributed by atoms with Gasteiger partial charge in [0.05, 0.1) is 0 Å². The summed E-state index contributed by atoms with van der Waals surface area (Å²) in [7, 11) is 0. The summed E-state index contributed by atoms with van der Waals surface area (Å²) in [5, 5.41) is 0. The molecule has 0 fully saturated rings. The quantitative estimate of drug-likeness (QED) is 0.0346. The van der Waals surface area contributed by atoms with Crippen LogP contribution in [-0.4, -0.2) is 37.2 Å². The van der Waals surface area contributed by atoms with E-state index in [0.717, 1.165) is 63.7 Å². The van der Waals surface area contributed by atoms with Crippen molar-refractivity contribution in [2.45, 2.75) is 291 Å². The highest BCUT2D eigenvalue weighted by atomic mass is 16.6. The van der Waals surface area contributed by atoms with Crippen molar-refractivity contribution in [3.63, 3.8) is 0 Å². The molecule has 0 aromatic heterocycles. The summed E-state index contributed by atoms with van der Waals surface area (Å²) < 4.78 is 16.7. The Morgan fingerprint density at radius 1 is 0.333 bits per heavy atom. The van der Waals surface area contributed by atoms with Crippen molar-refractivity contribution < 1.29 is 28.6 Å². The molecule has 6 nitrogen and oxygen atoms in total. The van der Waals surface area contributed by atoms with Crippen LogP contribution in [0.5, 0.6) is 0 Å². The molecule has 0 N–H and O–H groups in total. The zero-order chi connectivity index (χ0) is 41.7. The highest BCUT2D eigenvalue weighted by molar-refractivity contribution is 5.71. The van der Waals surface area contributed by atoms with Crippen LogP contribution in [-0.2, 0) is 28.6 Å². The van der Waals surface area contributed by atoms with E-state index in [1.54, 1.807) is 0 Å². The molecule has 0 bridgehead atoms. The molecule has 0 unspecified atom stereocenters. The molecular formula is C51H98O6. The van der Waals surface area contributed by atoms with E-state index >= 15 is 0 Å². The summed E-state index contributed by atoms with van der Waals surface area (Å²) in [6.07, 6.45) is 46.8. The highest BCUT2D eigenvalue weighted by Crippen LogP contribution is 2.17. The van der Waals surface area contributed by atoms with Gasteiger partial charge in [-0.2, -0.15) is 0 Å². The first kappa shape index (κ1) is 55.4. The summed E-state index contributed by atoms with van der Waals surface area (Å²) in [5.41, 5.74) is 0. The smallest absolute Gasteiger partial charge is 0.306 e. The molecule has 57 heavy (non-hydrogen) atoms. The van der Waals surface area contributed by atoms with E-state index in [9.17, 15) is 14.4 Å². The van der Waals surface area contributed by atoms with E-state index in [0.29, 0.717) is 19.3 Å². The summed E-state index contributed by atoms with van der Waals surface area (Å²) in [5.74, 6) is -0.0945. The van der Waals surface area contributed by atoms with Crippen LogP contribution in [0.1, 0.15) is 285 Å². The van der Waals surface area contributed by atoms with Gasteiger partial charge in [0.25, 0.3) is 0 Å². The standard InChI is InChI=1S/C51H98O6/c1-5-7-9-11-13-15-17-18-19-20-21-22-23-24-26-28-30-35-39-43-50(53)56-46-48(57-51(54)44-40-36-32-31-33-37-41-47(3)4)45-55-49(52)42-38-34-29-27-25-16-14-12-10-8-6-2/h47-48H,5-46H2,1-4H3/t48-/m0/s1. The largest absolute Gasteiger partial charge is 0.462 e. The first-order valence-corrected chi connectivity index (χ1v) is 25.4. The van der Waals surface area contributed by atoms with Crippen LogP contribution in [0.2, 0.25) is 0 Å². The molecule has 0 aromatic rings. The minimum absolute atomic E-state index is 0.0642. The number of hydrogen-bond donors (Lipinski definition) is 0. The predicted molar refractivity (Wildman–Crippen MR) is 243 cm³/mol. The third-order valence-corrected chi connectivity index (χ3v) is 11.5. The van der Waals surface area contributed by atoms with Gasteiger partial charge in [-0.15, -0.1) is 0 Å². The van der Waals surface area contributed by atoms with Crippen molar-refractivity contribution in [3.05, 3.63) is 0 Å². The van der Waals surface area contributed by atoms with Crippen LogP contribution in [0.25, 0.3) is 0 Å². The first-order valence-electron chi connectivity index (χ1n) is 25.4. The molecule has 0 aliphatic rings. The van der Waals surface area contributed by atoms with Gasteiger partial charge in [0, 0.05) is 19.3 Å². The lowest BCUT2D eigenvalue weighted by Gasteiger charge is -2.18. The van der Waals surface area contributed by atoms with Crippen molar-refractivity contribution in [1.82, 2.24) is 0 Å². The Labute approximate surface area is 355 Å². The van der Waals surface area contributed by atoms with Crippen molar-refractivity contribution in [1.29, 1.82) is 0 Å². The molecular weight excluding hydrogens is 709 g/mol. The van der Waals surface area contributed by atoms with Crippen molar-refractivity contribution in [2.24, 2.45) is 5.92 Å². The van der Waals surface area contributed by atoms with E-state index in [4.69, 9.17) is 14.2 Å².